The zero-order chi connectivity index (χ0) is 15.7. The number of aromatic amines is 1. The highest BCUT2D eigenvalue weighted by molar-refractivity contribution is 7.89. The first kappa shape index (κ1) is 14.7. The minimum absolute atomic E-state index is 0.00706. The Morgan fingerprint density at radius 1 is 1.45 bits per heavy atom. The number of sulfonamides is 1. The topological polar surface area (TPSA) is 103 Å². The third-order valence-electron chi connectivity index (χ3n) is 3.94. The van der Waals surface area contributed by atoms with Gasteiger partial charge in [0.25, 0.3) is 0 Å². The number of nitrogens with one attached hydrogen (secondary N) is 1. The van der Waals surface area contributed by atoms with Crippen LogP contribution in [-0.4, -0.2) is 41.0 Å². The van der Waals surface area contributed by atoms with Gasteiger partial charge in [-0.1, -0.05) is 12.1 Å². The molecule has 1 atom stereocenters. The number of nitriles is 1. The van der Waals surface area contributed by atoms with E-state index in [1.165, 1.54) is 16.7 Å². The highest BCUT2D eigenvalue weighted by Gasteiger charge is 2.35. The molecule has 2 aromatic rings. The average molecular weight is 317 g/mol. The second-order valence-electron chi connectivity index (χ2n) is 5.28. The van der Waals surface area contributed by atoms with Crippen molar-refractivity contribution in [3.05, 3.63) is 41.5 Å². The molecule has 22 heavy (non-hydrogen) atoms. The Balaban J connectivity index is 1.92. The van der Waals surface area contributed by atoms with Gasteiger partial charge in [-0.2, -0.15) is 14.7 Å². The van der Waals surface area contributed by atoms with Gasteiger partial charge in [0, 0.05) is 19.0 Å². The van der Waals surface area contributed by atoms with Crippen LogP contribution >= 0.6 is 0 Å². The van der Waals surface area contributed by atoms with Crippen molar-refractivity contribution in [3.63, 3.8) is 0 Å². The summed E-state index contributed by atoms with van der Waals surface area (Å²) in [5, 5.41) is 15.8. The molecule has 0 amide bonds. The van der Waals surface area contributed by atoms with E-state index < -0.39 is 10.0 Å². The van der Waals surface area contributed by atoms with Gasteiger partial charge in [-0.3, -0.25) is 5.10 Å². The summed E-state index contributed by atoms with van der Waals surface area (Å²) in [6.45, 7) is 2.49. The largest absolute Gasteiger partial charge is 0.263 e. The van der Waals surface area contributed by atoms with Crippen LogP contribution in [0.15, 0.2) is 29.4 Å². The third-order valence-corrected chi connectivity index (χ3v) is 5.84. The summed E-state index contributed by atoms with van der Waals surface area (Å²) in [5.74, 6) is 0.704. The molecule has 1 aromatic carbocycles. The number of nitrogens with zero attached hydrogens (tertiary/aromatic N) is 4. The molecule has 0 spiro atoms. The summed E-state index contributed by atoms with van der Waals surface area (Å²) in [4.78, 5) is 4.17. The molecular weight excluding hydrogens is 302 g/mol. The van der Waals surface area contributed by atoms with Crippen molar-refractivity contribution in [1.82, 2.24) is 19.5 Å². The molecule has 1 aliphatic rings. The van der Waals surface area contributed by atoms with Crippen molar-refractivity contribution >= 4 is 10.0 Å². The first-order valence-electron chi connectivity index (χ1n) is 6.89. The molecule has 3 rings (SSSR count). The lowest BCUT2D eigenvalue weighted by Gasteiger charge is -2.17. The lowest BCUT2D eigenvalue weighted by atomic mass is 10.1. The Morgan fingerprint density at radius 2 is 2.27 bits per heavy atom. The Hall–Kier alpha value is -2.24. The monoisotopic (exact) mass is 317 g/mol. The van der Waals surface area contributed by atoms with Crippen molar-refractivity contribution < 1.29 is 8.42 Å². The van der Waals surface area contributed by atoms with Crippen molar-refractivity contribution in [3.8, 4) is 6.07 Å². The highest BCUT2D eigenvalue weighted by atomic mass is 32.2. The first-order chi connectivity index (χ1) is 10.5. The molecule has 0 bridgehead atoms. The zero-order valence-corrected chi connectivity index (χ0v) is 12.8. The van der Waals surface area contributed by atoms with E-state index >= 15 is 0 Å². The fourth-order valence-electron chi connectivity index (χ4n) is 2.72. The normalized spacial score (nSPS) is 19.2. The molecule has 1 aliphatic heterocycles. The first-order valence-corrected chi connectivity index (χ1v) is 8.33. The van der Waals surface area contributed by atoms with Crippen LogP contribution in [0.5, 0.6) is 0 Å². The van der Waals surface area contributed by atoms with Crippen LogP contribution in [0.1, 0.15) is 29.3 Å². The molecule has 114 valence electrons. The van der Waals surface area contributed by atoms with Crippen LogP contribution in [0.4, 0.5) is 0 Å². The zero-order valence-electron chi connectivity index (χ0n) is 12.0. The van der Waals surface area contributed by atoms with E-state index in [0.717, 1.165) is 0 Å². The minimum atomic E-state index is -3.68. The molecule has 0 aliphatic carbocycles. The van der Waals surface area contributed by atoms with Gasteiger partial charge in [0.05, 0.1) is 5.56 Å². The Kier molecular flexibility index (Phi) is 3.68. The molecule has 0 radical (unpaired) electrons. The predicted molar refractivity (Wildman–Crippen MR) is 78.4 cm³/mol. The summed E-state index contributed by atoms with van der Waals surface area (Å²) < 4.78 is 27.0. The highest BCUT2D eigenvalue weighted by Crippen LogP contribution is 2.30. The molecule has 0 unspecified atom stereocenters. The number of rotatable bonds is 3. The van der Waals surface area contributed by atoms with E-state index in [9.17, 15) is 13.7 Å². The predicted octanol–water partition coefficient (Wildman–Crippen LogP) is 1.16. The van der Waals surface area contributed by atoms with Crippen LogP contribution < -0.4 is 0 Å². The summed E-state index contributed by atoms with van der Waals surface area (Å²) in [6, 6.07) is 6.88. The number of H-pyrrole nitrogens is 1. The standard InChI is InChI=1S/C14H15N5O2S/c1-10-3-2-4-13(12(10)7-15)22(20,21)19-6-5-11(8-19)14-16-9-17-18-14/h2-4,9,11H,5-6,8H2,1H3,(H,16,17,18)/t11-/m0/s1. The van der Waals surface area contributed by atoms with Gasteiger partial charge in [-0.15, -0.1) is 0 Å². The molecule has 1 aromatic heterocycles. The maximum atomic E-state index is 12.8. The minimum Gasteiger partial charge on any atom is -0.263 e. The van der Waals surface area contributed by atoms with E-state index in [-0.39, 0.29) is 16.4 Å². The molecule has 8 heteroatoms. The van der Waals surface area contributed by atoms with E-state index in [1.807, 2.05) is 6.07 Å². The fraction of sp³-hybridized carbons (Fsp3) is 0.357. The summed E-state index contributed by atoms with van der Waals surface area (Å²) in [6.07, 6.45) is 2.10. The van der Waals surface area contributed by atoms with Crippen LogP contribution in [0.3, 0.4) is 0 Å². The van der Waals surface area contributed by atoms with Gasteiger partial charge < -0.3 is 0 Å². The molecule has 2 heterocycles. The van der Waals surface area contributed by atoms with Crippen LogP contribution in [0.25, 0.3) is 0 Å². The van der Waals surface area contributed by atoms with E-state index in [4.69, 9.17) is 0 Å². The second-order valence-corrected chi connectivity index (χ2v) is 7.19. The molecule has 1 saturated heterocycles. The summed E-state index contributed by atoms with van der Waals surface area (Å²) in [5.41, 5.74) is 0.875. The van der Waals surface area contributed by atoms with Crippen molar-refractivity contribution in [2.75, 3.05) is 13.1 Å². The fourth-order valence-corrected chi connectivity index (χ4v) is 4.43. The van der Waals surface area contributed by atoms with Gasteiger partial charge >= 0.3 is 0 Å². The smallest absolute Gasteiger partial charge is 0.244 e. The van der Waals surface area contributed by atoms with Gasteiger partial charge in [0.15, 0.2) is 0 Å². The van der Waals surface area contributed by atoms with E-state index in [0.29, 0.717) is 30.9 Å². The molecule has 0 saturated carbocycles. The van der Waals surface area contributed by atoms with Crippen molar-refractivity contribution in [1.29, 1.82) is 5.26 Å². The molecule has 1 N–H and O–H groups in total. The van der Waals surface area contributed by atoms with E-state index in [1.54, 1.807) is 19.1 Å². The van der Waals surface area contributed by atoms with Gasteiger partial charge in [0.2, 0.25) is 10.0 Å². The molecular formula is C14H15N5O2S. The number of aromatic nitrogens is 3. The lowest BCUT2D eigenvalue weighted by molar-refractivity contribution is 0.471. The molecule has 7 nitrogen and oxygen atoms in total. The Morgan fingerprint density at radius 3 is 2.95 bits per heavy atom. The van der Waals surface area contributed by atoms with Crippen LogP contribution in [0, 0.1) is 18.3 Å². The van der Waals surface area contributed by atoms with E-state index in [2.05, 4.69) is 15.2 Å². The molecule has 1 fully saturated rings. The second kappa shape index (κ2) is 5.51. The van der Waals surface area contributed by atoms with Gasteiger partial charge in [0.1, 0.15) is 23.1 Å². The van der Waals surface area contributed by atoms with Crippen LogP contribution in [0.2, 0.25) is 0 Å². The van der Waals surface area contributed by atoms with Crippen molar-refractivity contribution in [2.24, 2.45) is 0 Å². The average Bonchev–Trinajstić information content (AvgIpc) is 3.17. The number of aryl methyl sites for hydroxylation is 1. The van der Waals surface area contributed by atoms with Crippen molar-refractivity contribution in [2.45, 2.75) is 24.2 Å². The number of hydrogen-bond donors (Lipinski definition) is 1. The SMILES string of the molecule is Cc1cccc(S(=O)(=O)N2CC[C@H](c3ncn[nH]3)C2)c1C#N. The summed E-state index contributed by atoms with van der Waals surface area (Å²) in [7, 11) is -3.68. The van der Waals surface area contributed by atoms with Gasteiger partial charge in [-0.05, 0) is 25.0 Å². The lowest BCUT2D eigenvalue weighted by Crippen LogP contribution is -2.29. The Labute approximate surface area is 128 Å². The van der Waals surface area contributed by atoms with Gasteiger partial charge in [-0.25, -0.2) is 13.4 Å². The Bertz CT molecular complexity index is 823. The number of benzene rings is 1. The summed E-state index contributed by atoms with van der Waals surface area (Å²) >= 11 is 0. The maximum absolute atomic E-state index is 12.8. The quantitative estimate of drug-likeness (QED) is 0.915. The number of hydrogen-bond acceptors (Lipinski definition) is 5. The maximum Gasteiger partial charge on any atom is 0.244 e. The third kappa shape index (κ3) is 2.38. The van der Waals surface area contributed by atoms with Crippen LogP contribution in [-0.2, 0) is 10.0 Å².